The Morgan fingerprint density at radius 3 is 2.14 bits per heavy atom. The molecule has 2 rings (SSSR count). The Morgan fingerprint density at radius 1 is 1.00 bits per heavy atom. The molecule has 0 saturated carbocycles. The average Bonchev–Trinajstić information content (AvgIpc) is 2.36. The quantitative estimate of drug-likeness (QED) is 0.916. The summed E-state index contributed by atoms with van der Waals surface area (Å²) in [6.45, 7) is 11.0. The summed E-state index contributed by atoms with van der Waals surface area (Å²) in [5.41, 5.74) is 10.1. The van der Waals surface area contributed by atoms with E-state index in [1.165, 1.54) is 11.1 Å². The van der Waals surface area contributed by atoms with E-state index in [1.807, 2.05) is 24.3 Å². The molecule has 0 unspecified atom stereocenters. The maximum atomic E-state index is 5.95. The lowest BCUT2D eigenvalue weighted by Gasteiger charge is -2.19. The van der Waals surface area contributed by atoms with Crippen LogP contribution in [0.3, 0.4) is 0 Å². The molecule has 3 heteroatoms. The summed E-state index contributed by atoms with van der Waals surface area (Å²) in [7, 11) is 0. The first-order valence-corrected chi connectivity index (χ1v) is 7.25. The van der Waals surface area contributed by atoms with Crippen molar-refractivity contribution in [1.29, 1.82) is 0 Å². The molecule has 1 aromatic carbocycles. The normalized spacial score (nSPS) is 11.5. The van der Waals surface area contributed by atoms with Crippen molar-refractivity contribution in [3.8, 4) is 11.6 Å². The summed E-state index contributed by atoms with van der Waals surface area (Å²) < 4.78 is 5.95. The van der Waals surface area contributed by atoms with Crippen molar-refractivity contribution in [2.75, 3.05) is 0 Å². The first-order chi connectivity index (χ1) is 9.77. The molecule has 1 aromatic heterocycles. The third kappa shape index (κ3) is 4.05. The number of hydrogen-bond donors (Lipinski definition) is 1. The zero-order chi connectivity index (χ0) is 15.6. The number of hydrogen-bond acceptors (Lipinski definition) is 3. The Hall–Kier alpha value is -1.87. The van der Waals surface area contributed by atoms with Crippen molar-refractivity contribution in [3.63, 3.8) is 0 Å². The molecule has 0 radical (unpaired) electrons. The molecular weight excluding hydrogens is 260 g/mol. The van der Waals surface area contributed by atoms with Gasteiger partial charge >= 0.3 is 0 Å². The highest BCUT2D eigenvalue weighted by molar-refractivity contribution is 5.37. The monoisotopic (exact) mass is 284 g/mol. The fourth-order valence-corrected chi connectivity index (χ4v) is 2.23. The van der Waals surface area contributed by atoms with Gasteiger partial charge in [-0.25, -0.2) is 4.98 Å². The van der Waals surface area contributed by atoms with Crippen molar-refractivity contribution in [1.82, 2.24) is 4.98 Å². The van der Waals surface area contributed by atoms with Gasteiger partial charge in [0.25, 0.3) is 0 Å². The number of benzene rings is 1. The Bertz CT molecular complexity index is 622. The zero-order valence-corrected chi connectivity index (χ0v) is 13.5. The van der Waals surface area contributed by atoms with Gasteiger partial charge < -0.3 is 10.5 Å². The zero-order valence-electron chi connectivity index (χ0n) is 13.5. The largest absolute Gasteiger partial charge is 0.439 e. The molecule has 21 heavy (non-hydrogen) atoms. The molecule has 0 aliphatic rings. The molecule has 0 aliphatic carbocycles. The number of rotatable bonds is 3. The molecule has 2 aromatic rings. The van der Waals surface area contributed by atoms with Crippen LogP contribution in [0.2, 0.25) is 0 Å². The number of aryl methyl sites for hydroxylation is 2. The van der Waals surface area contributed by atoms with Crippen LogP contribution in [0.25, 0.3) is 0 Å². The molecular formula is C18H24N2O. The van der Waals surface area contributed by atoms with E-state index < -0.39 is 0 Å². The number of aromatic nitrogens is 1. The van der Waals surface area contributed by atoms with E-state index in [1.54, 1.807) is 0 Å². The fraction of sp³-hybridized carbons (Fsp3) is 0.389. The highest BCUT2D eigenvalue weighted by Crippen LogP contribution is 2.27. The van der Waals surface area contributed by atoms with Crippen LogP contribution < -0.4 is 10.5 Å². The number of nitrogens with two attached hydrogens (primary N) is 1. The molecule has 1 heterocycles. The van der Waals surface area contributed by atoms with Gasteiger partial charge in [-0.05, 0) is 48.7 Å². The minimum absolute atomic E-state index is 0.0359. The molecule has 0 bridgehead atoms. The van der Waals surface area contributed by atoms with E-state index in [0.717, 1.165) is 17.0 Å². The van der Waals surface area contributed by atoms with Crippen molar-refractivity contribution < 1.29 is 4.74 Å². The predicted octanol–water partition coefficient (Wildman–Crippen LogP) is 4.25. The molecule has 0 amide bonds. The number of ether oxygens (including phenoxy) is 1. The highest BCUT2D eigenvalue weighted by atomic mass is 16.5. The van der Waals surface area contributed by atoms with Gasteiger partial charge in [-0.2, -0.15) is 0 Å². The lowest BCUT2D eigenvalue weighted by atomic mass is 9.91. The first kappa shape index (κ1) is 15.5. The van der Waals surface area contributed by atoms with Crippen LogP contribution in [0.4, 0.5) is 0 Å². The van der Waals surface area contributed by atoms with Gasteiger partial charge in [0.2, 0.25) is 5.88 Å². The van der Waals surface area contributed by atoms with Crippen molar-refractivity contribution in [2.45, 2.75) is 46.6 Å². The van der Waals surface area contributed by atoms with Gasteiger partial charge in [0.15, 0.2) is 0 Å². The fourth-order valence-electron chi connectivity index (χ4n) is 2.23. The summed E-state index contributed by atoms with van der Waals surface area (Å²) in [5, 5.41) is 0. The van der Waals surface area contributed by atoms with Gasteiger partial charge in [0.05, 0.1) is 5.69 Å². The van der Waals surface area contributed by atoms with Crippen LogP contribution >= 0.6 is 0 Å². The second-order valence-electron chi connectivity index (χ2n) is 6.58. The maximum absolute atomic E-state index is 5.95. The van der Waals surface area contributed by atoms with Crippen molar-refractivity contribution in [3.05, 3.63) is 52.7 Å². The summed E-state index contributed by atoms with van der Waals surface area (Å²) in [4.78, 5) is 4.63. The van der Waals surface area contributed by atoms with Crippen LogP contribution in [0.15, 0.2) is 30.3 Å². The number of nitrogens with zero attached hydrogens (tertiary/aromatic N) is 1. The molecule has 112 valence electrons. The molecule has 0 spiro atoms. The Labute approximate surface area is 127 Å². The van der Waals surface area contributed by atoms with Gasteiger partial charge in [-0.1, -0.05) is 26.8 Å². The summed E-state index contributed by atoms with van der Waals surface area (Å²) in [6, 6.07) is 10.1. The molecule has 0 saturated heterocycles. The van der Waals surface area contributed by atoms with Gasteiger partial charge in [-0.3, -0.25) is 0 Å². The highest BCUT2D eigenvalue weighted by Gasteiger charge is 2.17. The summed E-state index contributed by atoms with van der Waals surface area (Å²) in [6.07, 6.45) is 0. The standard InChI is InChI=1S/C18H24N2O/c1-12-6-13(2)8-15(7-12)21-17-10-14(11-19)9-16(20-17)18(3,4)5/h6-10H,11,19H2,1-5H3. The summed E-state index contributed by atoms with van der Waals surface area (Å²) >= 11 is 0. The average molecular weight is 284 g/mol. The Balaban J connectivity index is 2.39. The number of pyridine rings is 1. The first-order valence-electron chi connectivity index (χ1n) is 7.25. The third-order valence-electron chi connectivity index (χ3n) is 3.28. The van der Waals surface area contributed by atoms with E-state index in [4.69, 9.17) is 10.5 Å². The van der Waals surface area contributed by atoms with Crippen molar-refractivity contribution in [2.24, 2.45) is 5.73 Å². The molecule has 0 aliphatic heterocycles. The smallest absolute Gasteiger partial charge is 0.219 e. The van der Waals surface area contributed by atoms with Crippen LogP contribution in [0.5, 0.6) is 11.6 Å². The van der Waals surface area contributed by atoms with Gasteiger partial charge in [-0.15, -0.1) is 0 Å². The lowest BCUT2D eigenvalue weighted by molar-refractivity contribution is 0.450. The maximum Gasteiger partial charge on any atom is 0.219 e. The van der Waals surface area contributed by atoms with Crippen LogP contribution in [0.1, 0.15) is 43.2 Å². The Kier molecular flexibility index (Phi) is 4.33. The van der Waals surface area contributed by atoms with E-state index in [9.17, 15) is 0 Å². The van der Waals surface area contributed by atoms with Crippen LogP contribution in [-0.2, 0) is 12.0 Å². The van der Waals surface area contributed by atoms with Crippen LogP contribution in [-0.4, -0.2) is 4.98 Å². The van der Waals surface area contributed by atoms with E-state index >= 15 is 0 Å². The van der Waals surface area contributed by atoms with E-state index in [0.29, 0.717) is 12.4 Å². The van der Waals surface area contributed by atoms with E-state index in [2.05, 4.69) is 45.7 Å². The minimum atomic E-state index is -0.0359. The Morgan fingerprint density at radius 2 is 1.62 bits per heavy atom. The van der Waals surface area contributed by atoms with Crippen molar-refractivity contribution >= 4 is 0 Å². The minimum Gasteiger partial charge on any atom is -0.439 e. The molecule has 0 atom stereocenters. The second kappa shape index (κ2) is 5.86. The third-order valence-corrected chi connectivity index (χ3v) is 3.28. The van der Waals surface area contributed by atoms with E-state index in [-0.39, 0.29) is 5.41 Å². The van der Waals surface area contributed by atoms with Gasteiger partial charge in [0, 0.05) is 18.0 Å². The summed E-state index contributed by atoms with van der Waals surface area (Å²) in [5.74, 6) is 1.42. The second-order valence-corrected chi connectivity index (χ2v) is 6.58. The predicted molar refractivity (Wildman–Crippen MR) is 86.8 cm³/mol. The lowest BCUT2D eigenvalue weighted by Crippen LogP contribution is -2.15. The molecule has 3 nitrogen and oxygen atoms in total. The SMILES string of the molecule is Cc1cc(C)cc(Oc2cc(CN)cc(C(C)(C)C)n2)c1. The van der Waals surface area contributed by atoms with Crippen LogP contribution in [0, 0.1) is 13.8 Å². The van der Waals surface area contributed by atoms with Gasteiger partial charge in [0.1, 0.15) is 5.75 Å². The topological polar surface area (TPSA) is 48.1 Å². The molecule has 2 N–H and O–H groups in total. The molecule has 0 fully saturated rings.